The fourth-order valence-corrected chi connectivity index (χ4v) is 0.982. The van der Waals surface area contributed by atoms with Crippen molar-refractivity contribution in [3.63, 3.8) is 0 Å². The Labute approximate surface area is 66.6 Å². The summed E-state index contributed by atoms with van der Waals surface area (Å²) >= 11 is 3.17. The topological polar surface area (TPSA) is 20.2 Å². The minimum Gasteiger partial charge on any atom is -0.505 e. The van der Waals surface area contributed by atoms with Crippen LogP contribution in [0.4, 0.5) is 4.39 Å². The van der Waals surface area contributed by atoms with Crippen molar-refractivity contribution >= 4 is 15.9 Å². The van der Waals surface area contributed by atoms with E-state index in [9.17, 15) is 4.39 Å². The predicted octanol–water partition coefficient (Wildman–Crippen LogP) is 2.43. The van der Waals surface area contributed by atoms with Gasteiger partial charge in [-0.1, -0.05) is 22.0 Å². The normalized spacial score (nSPS) is 9.80. The zero-order chi connectivity index (χ0) is 7.56. The molecule has 0 aliphatic rings. The first-order chi connectivity index (χ1) is 4.74. The Morgan fingerprint density at radius 1 is 1.50 bits per heavy atom. The lowest BCUT2D eigenvalue weighted by atomic mass is 10.2. The Morgan fingerprint density at radius 2 is 2.20 bits per heavy atom. The van der Waals surface area contributed by atoms with Crippen LogP contribution in [-0.4, -0.2) is 5.11 Å². The SMILES string of the molecule is Oc1ccc(CBr)cc1F. The van der Waals surface area contributed by atoms with Crippen LogP contribution in [0.25, 0.3) is 0 Å². The summed E-state index contributed by atoms with van der Waals surface area (Å²) in [4.78, 5) is 0. The average Bonchev–Trinajstić information content (AvgIpc) is 1.95. The first-order valence-corrected chi connectivity index (χ1v) is 3.89. The third-order valence-electron chi connectivity index (χ3n) is 1.17. The van der Waals surface area contributed by atoms with Crippen molar-refractivity contribution in [1.82, 2.24) is 0 Å². The molecule has 0 aliphatic carbocycles. The largest absolute Gasteiger partial charge is 0.505 e. The molecule has 0 heterocycles. The molecule has 10 heavy (non-hydrogen) atoms. The summed E-state index contributed by atoms with van der Waals surface area (Å²) in [5.74, 6) is -0.873. The Kier molecular flexibility index (Phi) is 2.27. The smallest absolute Gasteiger partial charge is 0.165 e. The third kappa shape index (κ3) is 1.48. The zero-order valence-corrected chi connectivity index (χ0v) is 6.73. The monoisotopic (exact) mass is 204 g/mol. The van der Waals surface area contributed by atoms with Gasteiger partial charge >= 0.3 is 0 Å². The van der Waals surface area contributed by atoms with Gasteiger partial charge in [-0.05, 0) is 17.7 Å². The molecule has 0 bridgehead atoms. The molecule has 0 atom stereocenters. The molecule has 0 fully saturated rings. The molecular formula is C7H6BrFO. The maximum atomic E-state index is 12.5. The molecule has 1 aromatic carbocycles. The van der Waals surface area contributed by atoms with Gasteiger partial charge in [-0.25, -0.2) is 4.39 Å². The number of rotatable bonds is 1. The fraction of sp³-hybridized carbons (Fsp3) is 0.143. The van der Waals surface area contributed by atoms with Gasteiger partial charge in [0.05, 0.1) is 0 Å². The highest BCUT2D eigenvalue weighted by Gasteiger charge is 1.98. The molecule has 1 aromatic rings. The molecule has 0 radical (unpaired) electrons. The number of phenolic OH excluding ortho intramolecular Hbond substituents is 1. The number of hydrogen-bond donors (Lipinski definition) is 1. The first-order valence-electron chi connectivity index (χ1n) is 2.77. The lowest BCUT2D eigenvalue weighted by Crippen LogP contribution is -1.80. The molecule has 0 unspecified atom stereocenters. The van der Waals surface area contributed by atoms with Crippen molar-refractivity contribution in [1.29, 1.82) is 0 Å². The van der Waals surface area contributed by atoms with E-state index in [-0.39, 0.29) is 5.75 Å². The predicted molar refractivity (Wildman–Crippen MR) is 40.7 cm³/mol. The van der Waals surface area contributed by atoms with Crippen LogP contribution in [0.1, 0.15) is 5.56 Å². The molecule has 0 spiro atoms. The summed E-state index contributed by atoms with van der Waals surface area (Å²) in [5, 5.41) is 9.35. The third-order valence-corrected chi connectivity index (χ3v) is 1.81. The van der Waals surface area contributed by atoms with E-state index >= 15 is 0 Å². The lowest BCUT2D eigenvalue weighted by Gasteiger charge is -1.96. The number of alkyl halides is 1. The van der Waals surface area contributed by atoms with Crippen LogP contribution in [0.2, 0.25) is 0 Å². The summed E-state index contributed by atoms with van der Waals surface area (Å²) in [7, 11) is 0. The van der Waals surface area contributed by atoms with E-state index in [2.05, 4.69) is 15.9 Å². The van der Waals surface area contributed by atoms with Crippen molar-refractivity contribution in [2.75, 3.05) is 0 Å². The van der Waals surface area contributed by atoms with Gasteiger partial charge in [0, 0.05) is 5.33 Å². The van der Waals surface area contributed by atoms with E-state index in [1.165, 1.54) is 12.1 Å². The molecule has 0 saturated carbocycles. The Bertz CT molecular complexity index is 237. The Morgan fingerprint density at radius 3 is 2.70 bits per heavy atom. The van der Waals surface area contributed by atoms with Crippen molar-refractivity contribution in [3.05, 3.63) is 29.6 Å². The second-order valence-electron chi connectivity index (χ2n) is 1.92. The first kappa shape index (κ1) is 7.54. The van der Waals surface area contributed by atoms with Gasteiger partial charge in [0.1, 0.15) is 0 Å². The highest BCUT2D eigenvalue weighted by Crippen LogP contribution is 2.17. The molecular weight excluding hydrogens is 199 g/mol. The summed E-state index contributed by atoms with van der Waals surface area (Å²) in [5.41, 5.74) is 0.815. The molecule has 1 rings (SSSR count). The fourth-order valence-electron chi connectivity index (χ4n) is 0.634. The van der Waals surface area contributed by atoms with Crippen molar-refractivity contribution in [2.24, 2.45) is 0 Å². The maximum absolute atomic E-state index is 12.5. The van der Waals surface area contributed by atoms with E-state index in [0.717, 1.165) is 5.56 Å². The Hall–Kier alpha value is -0.570. The molecule has 54 valence electrons. The van der Waals surface area contributed by atoms with E-state index in [1.54, 1.807) is 6.07 Å². The van der Waals surface area contributed by atoms with Gasteiger partial charge in [0.25, 0.3) is 0 Å². The minimum atomic E-state index is -0.572. The zero-order valence-electron chi connectivity index (χ0n) is 5.14. The van der Waals surface area contributed by atoms with Crippen LogP contribution in [0.15, 0.2) is 18.2 Å². The van der Waals surface area contributed by atoms with E-state index in [4.69, 9.17) is 5.11 Å². The second-order valence-corrected chi connectivity index (χ2v) is 2.48. The van der Waals surface area contributed by atoms with Crippen LogP contribution >= 0.6 is 15.9 Å². The van der Waals surface area contributed by atoms with Crippen molar-refractivity contribution in [3.8, 4) is 5.75 Å². The van der Waals surface area contributed by atoms with Gasteiger partial charge in [0.15, 0.2) is 11.6 Å². The van der Waals surface area contributed by atoms with E-state index < -0.39 is 5.82 Å². The van der Waals surface area contributed by atoms with Gasteiger partial charge in [-0.3, -0.25) is 0 Å². The second kappa shape index (κ2) is 3.01. The van der Waals surface area contributed by atoms with Gasteiger partial charge in [-0.2, -0.15) is 0 Å². The number of hydrogen-bond acceptors (Lipinski definition) is 1. The number of phenols is 1. The van der Waals surface area contributed by atoms with Crippen LogP contribution in [0, 0.1) is 5.82 Å². The van der Waals surface area contributed by atoms with Gasteiger partial charge in [0.2, 0.25) is 0 Å². The van der Waals surface area contributed by atoms with Crippen LogP contribution in [-0.2, 0) is 5.33 Å². The van der Waals surface area contributed by atoms with Crippen LogP contribution < -0.4 is 0 Å². The number of benzene rings is 1. The van der Waals surface area contributed by atoms with Gasteiger partial charge in [-0.15, -0.1) is 0 Å². The van der Waals surface area contributed by atoms with E-state index in [0.29, 0.717) is 5.33 Å². The molecule has 1 nitrogen and oxygen atoms in total. The molecule has 0 amide bonds. The van der Waals surface area contributed by atoms with Crippen LogP contribution in [0.3, 0.4) is 0 Å². The summed E-state index contributed by atoms with van der Waals surface area (Å²) in [6, 6.07) is 4.29. The standard InChI is InChI=1S/C7H6BrFO/c8-4-5-1-2-7(10)6(9)3-5/h1-3,10H,4H2. The molecule has 0 aromatic heterocycles. The van der Waals surface area contributed by atoms with Crippen LogP contribution in [0.5, 0.6) is 5.75 Å². The van der Waals surface area contributed by atoms with Gasteiger partial charge < -0.3 is 5.11 Å². The number of aromatic hydroxyl groups is 1. The molecule has 1 N–H and O–H groups in total. The highest BCUT2D eigenvalue weighted by atomic mass is 79.9. The summed E-state index contributed by atoms with van der Waals surface area (Å²) < 4.78 is 12.5. The quantitative estimate of drug-likeness (QED) is 0.698. The minimum absolute atomic E-state index is 0.301. The Balaban J connectivity index is 3.04. The number of halogens is 2. The van der Waals surface area contributed by atoms with Crippen molar-refractivity contribution in [2.45, 2.75) is 5.33 Å². The molecule has 0 aliphatic heterocycles. The highest BCUT2D eigenvalue weighted by molar-refractivity contribution is 9.08. The average molecular weight is 205 g/mol. The molecule has 0 saturated heterocycles. The summed E-state index contributed by atoms with van der Waals surface area (Å²) in [6.45, 7) is 0. The summed E-state index contributed by atoms with van der Waals surface area (Å²) in [6.07, 6.45) is 0. The van der Waals surface area contributed by atoms with Crippen molar-refractivity contribution < 1.29 is 9.50 Å². The maximum Gasteiger partial charge on any atom is 0.165 e. The van der Waals surface area contributed by atoms with E-state index in [1.807, 2.05) is 0 Å². The molecule has 3 heteroatoms. The lowest BCUT2D eigenvalue weighted by molar-refractivity contribution is 0.432.